The van der Waals surface area contributed by atoms with E-state index in [0.717, 1.165) is 0 Å². The molecule has 0 fully saturated rings. The van der Waals surface area contributed by atoms with E-state index in [0.29, 0.717) is 28.5 Å². The molecule has 33 heavy (non-hydrogen) atoms. The molecule has 2 amide bonds. The van der Waals surface area contributed by atoms with Crippen LogP contribution in [-0.2, 0) is 0 Å². The van der Waals surface area contributed by atoms with Gasteiger partial charge in [-0.05, 0) is 48.0 Å². The summed E-state index contributed by atoms with van der Waals surface area (Å²) in [5.41, 5.74) is 3.75. The number of rotatable bonds is 10. The molecule has 0 spiro atoms. The molecule has 0 aliphatic rings. The van der Waals surface area contributed by atoms with Crippen LogP contribution in [-0.4, -0.2) is 37.5 Å². The summed E-state index contributed by atoms with van der Waals surface area (Å²) in [5.74, 6) is 1.51. The molecule has 0 heterocycles. The maximum Gasteiger partial charge on any atom is 0.339 e. The summed E-state index contributed by atoms with van der Waals surface area (Å²) in [6.45, 7) is 0.479. The molecule has 0 unspecified atom stereocenters. The molecule has 0 aliphatic heterocycles. The number of para-hydroxylation sites is 1. The third-order valence-corrected chi connectivity index (χ3v) is 4.26. The fourth-order valence-corrected chi connectivity index (χ4v) is 2.70. The van der Waals surface area contributed by atoms with Crippen LogP contribution in [0.1, 0.15) is 5.56 Å². The first-order valence-corrected chi connectivity index (χ1v) is 9.88. The van der Waals surface area contributed by atoms with Crippen LogP contribution in [0.2, 0.25) is 0 Å². The molecule has 0 atom stereocenters. The average Bonchev–Trinajstić information content (AvgIpc) is 2.83. The number of non-ortho nitro benzene ring substituents is 1. The van der Waals surface area contributed by atoms with Crippen LogP contribution in [0.5, 0.6) is 17.2 Å². The largest absolute Gasteiger partial charge is 0.493 e. The predicted octanol–water partition coefficient (Wildman–Crippen LogP) is 4.22. The maximum atomic E-state index is 11.9. The highest BCUT2D eigenvalue weighted by atomic mass is 16.6. The highest BCUT2D eigenvalue weighted by Gasteiger charge is 2.07. The fraction of sp³-hybridized carbons (Fsp3) is 0.130. The van der Waals surface area contributed by atoms with Crippen molar-refractivity contribution in [3.05, 3.63) is 88.5 Å². The second-order valence-corrected chi connectivity index (χ2v) is 6.55. The SMILES string of the molecule is COc1cc(/C=N\NC(=O)Nc2ccccc2)ccc1OCCOc1ccc([N+](=O)[O-])cc1. The summed E-state index contributed by atoms with van der Waals surface area (Å²) < 4.78 is 16.6. The van der Waals surface area contributed by atoms with Gasteiger partial charge in [-0.25, -0.2) is 10.2 Å². The lowest BCUT2D eigenvalue weighted by atomic mass is 10.2. The number of hydrogen-bond acceptors (Lipinski definition) is 7. The van der Waals surface area contributed by atoms with Gasteiger partial charge in [0.1, 0.15) is 19.0 Å². The summed E-state index contributed by atoms with van der Waals surface area (Å²) in [6, 6.07) is 19.6. The van der Waals surface area contributed by atoms with E-state index in [2.05, 4.69) is 15.8 Å². The zero-order chi connectivity index (χ0) is 23.5. The Morgan fingerprint density at radius 3 is 2.42 bits per heavy atom. The number of hydrogen-bond donors (Lipinski definition) is 2. The van der Waals surface area contributed by atoms with Gasteiger partial charge in [0.25, 0.3) is 5.69 Å². The number of nitro groups is 1. The minimum atomic E-state index is -0.469. The fourth-order valence-electron chi connectivity index (χ4n) is 2.70. The van der Waals surface area contributed by atoms with Crippen molar-refractivity contribution in [3.8, 4) is 17.2 Å². The van der Waals surface area contributed by atoms with E-state index in [1.165, 1.54) is 37.6 Å². The molecule has 3 rings (SSSR count). The molecule has 10 nitrogen and oxygen atoms in total. The Kier molecular flexibility index (Phi) is 8.18. The number of benzene rings is 3. The third-order valence-electron chi connectivity index (χ3n) is 4.26. The zero-order valence-corrected chi connectivity index (χ0v) is 17.8. The van der Waals surface area contributed by atoms with Gasteiger partial charge in [0.05, 0.1) is 18.2 Å². The lowest BCUT2D eigenvalue weighted by Crippen LogP contribution is -2.24. The van der Waals surface area contributed by atoms with Crippen LogP contribution in [0.25, 0.3) is 0 Å². The van der Waals surface area contributed by atoms with E-state index in [4.69, 9.17) is 14.2 Å². The Morgan fingerprint density at radius 1 is 1.00 bits per heavy atom. The summed E-state index contributed by atoms with van der Waals surface area (Å²) in [6.07, 6.45) is 1.48. The molecule has 0 radical (unpaired) electrons. The van der Waals surface area contributed by atoms with Gasteiger partial charge in [0, 0.05) is 17.8 Å². The average molecular weight is 450 g/mol. The summed E-state index contributed by atoms with van der Waals surface area (Å²) in [5, 5.41) is 17.3. The number of amides is 2. The zero-order valence-electron chi connectivity index (χ0n) is 17.8. The van der Waals surface area contributed by atoms with Crippen molar-refractivity contribution >= 4 is 23.6 Å². The Bertz CT molecular complexity index is 1100. The number of urea groups is 1. The highest BCUT2D eigenvalue weighted by molar-refractivity contribution is 5.90. The van der Waals surface area contributed by atoms with E-state index in [1.54, 1.807) is 30.3 Å². The number of nitrogens with one attached hydrogen (secondary N) is 2. The van der Waals surface area contributed by atoms with Crippen molar-refractivity contribution in [2.24, 2.45) is 5.10 Å². The van der Waals surface area contributed by atoms with Crippen molar-refractivity contribution < 1.29 is 23.9 Å². The van der Waals surface area contributed by atoms with Crippen molar-refractivity contribution in [3.63, 3.8) is 0 Å². The predicted molar refractivity (Wildman–Crippen MR) is 123 cm³/mol. The topological polar surface area (TPSA) is 124 Å². The quantitative estimate of drug-likeness (QED) is 0.206. The number of carbonyl (C=O) groups excluding carboxylic acids is 1. The van der Waals surface area contributed by atoms with Gasteiger partial charge in [0.15, 0.2) is 11.5 Å². The number of nitrogens with zero attached hydrogens (tertiary/aromatic N) is 2. The van der Waals surface area contributed by atoms with Gasteiger partial charge in [-0.3, -0.25) is 10.1 Å². The smallest absolute Gasteiger partial charge is 0.339 e. The van der Waals surface area contributed by atoms with Gasteiger partial charge in [-0.1, -0.05) is 18.2 Å². The van der Waals surface area contributed by atoms with Crippen molar-refractivity contribution in [1.82, 2.24) is 5.43 Å². The molecule has 0 bridgehead atoms. The number of nitro benzene ring substituents is 1. The summed E-state index contributed by atoms with van der Waals surface area (Å²) >= 11 is 0. The number of ether oxygens (including phenoxy) is 3. The number of anilines is 1. The second kappa shape index (κ2) is 11.7. The van der Waals surface area contributed by atoms with E-state index in [-0.39, 0.29) is 18.9 Å². The normalized spacial score (nSPS) is 10.5. The van der Waals surface area contributed by atoms with Crippen LogP contribution in [0, 0.1) is 10.1 Å². The van der Waals surface area contributed by atoms with E-state index in [1.807, 2.05) is 18.2 Å². The molecule has 2 N–H and O–H groups in total. The first-order valence-electron chi connectivity index (χ1n) is 9.88. The summed E-state index contributed by atoms with van der Waals surface area (Å²) in [4.78, 5) is 22.1. The standard InChI is InChI=1S/C23H22N4O6/c1-31-22-15-17(16-24-26-23(28)25-18-5-3-2-4-6-18)7-12-21(22)33-14-13-32-20-10-8-19(9-11-20)27(29)30/h2-12,15-16H,13-14H2,1H3,(H2,25,26,28)/b24-16-. The molecule has 0 saturated carbocycles. The molecule has 3 aromatic carbocycles. The van der Waals surface area contributed by atoms with Gasteiger partial charge in [0.2, 0.25) is 0 Å². The van der Waals surface area contributed by atoms with Crippen LogP contribution >= 0.6 is 0 Å². The number of methoxy groups -OCH3 is 1. The molecular weight excluding hydrogens is 428 g/mol. The summed E-state index contributed by atoms with van der Waals surface area (Å²) in [7, 11) is 1.52. The van der Waals surface area contributed by atoms with Gasteiger partial charge < -0.3 is 19.5 Å². The molecule has 0 saturated heterocycles. The van der Waals surface area contributed by atoms with Crippen LogP contribution < -0.4 is 25.0 Å². The highest BCUT2D eigenvalue weighted by Crippen LogP contribution is 2.27. The number of hydrazone groups is 1. The number of carbonyl (C=O) groups is 1. The second-order valence-electron chi connectivity index (χ2n) is 6.55. The lowest BCUT2D eigenvalue weighted by Gasteiger charge is -2.12. The molecule has 0 aliphatic carbocycles. The van der Waals surface area contributed by atoms with Crippen molar-refractivity contribution in [2.45, 2.75) is 0 Å². The molecule has 0 aromatic heterocycles. The van der Waals surface area contributed by atoms with Gasteiger partial charge in [-0.2, -0.15) is 5.10 Å². The Balaban J connectivity index is 1.47. The van der Waals surface area contributed by atoms with Crippen LogP contribution in [0.3, 0.4) is 0 Å². The molecule has 3 aromatic rings. The Hall–Kier alpha value is -4.60. The van der Waals surface area contributed by atoms with Gasteiger partial charge >= 0.3 is 6.03 Å². The minimum absolute atomic E-state index is 0.000936. The van der Waals surface area contributed by atoms with E-state index >= 15 is 0 Å². The van der Waals surface area contributed by atoms with Crippen molar-refractivity contribution in [1.29, 1.82) is 0 Å². The van der Waals surface area contributed by atoms with Crippen molar-refractivity contribution in [2.75, 3.05) is 25.6 Å². The monoisotopic (exact) mass is 450 g/mol. The molecule has 170 valence electrons. The Labute approximate surface area is 189 Å². The lowest BCUT2D eigenvalue weighted by molar-refractivity contribution is -0.384. The van der Waals surface area contributed by atoms with E-state index < -0.39 is 11.0 Å². The van der Waals surface area contributed by atoms with Gasteiger partial charge in [-0.15, -0.1) is 0 Å². The molecule has 10 heteroatoms. The minimum Gasteiger partial charge on any atom is -0.493 e. The van der Waals surface area contributed by atoms with Crippen LogP contribution in [0.4, 0.5) is 16.2 Å². The Morgan fingerprint density at radius 2 is 1.73 bits per heavy atom. The first kappa shape index (κ1) is 23.1. The van der Waals surface area contributed by atoms with E-state index in [9.17, 15) is 14.9 Å². The first-order chi connectivity index (χ1) is 16.0. The maximum absolute atomic E-state index is 11.9. The molecular formula is C23H22N4O6. The third kappa shape index (κ3) is 7.24. The van der Waals surface area contributed by atoms with Crippen LogP contribution in [0.15, 0.2) is 77.9 Å².